The van der Waals surface area contributed by atoms with Crippen molar-refractivity contribution in [3.8, 4) is 6.07 Å². The van der Waals surface area contributed by atoms with E-state index in [0.717, 1.165) is 11.3 Å². The maximum Gasteiger partial charge on any atom is 0.259 e. The molecular weight excluding hydrogens is 517 g/mol. The molecule has 1 aromatic carbocycles. The number of carbonyl (C=O) groups is 2. The highest BCUT2D eigenvalue weighted by Crippen LogP contribution is 2.36. The number of benzene rings is 1. The van der Waals surface area contributed by atoms with E-state index in [2.05, 4.69) is 18.3 Å². The topological polar surface area (TPSA) is 108 Å². The van der Waals surface area contributed by atoms with Crippen molar-refractivity contribution in [2.45, 2.75) is 19.0 Å². The number of thiophene rings is 1. The molecule has 0 aliphatic carbocycles. The second kappa shape index (κ2) is 9.50. The third-order valence-corrected chi connectivity index (χ3v) is 7.95. The van der Waals surface area contributed by atoms with Gasteiger partial charge >= 0.3 is 0 Å². The number of hydrogen-bond acceptors (Lipinski definition) is 6. The van der Waals surface area contributed by atoms with Gasteiger partial charge in [-0.05, 0) is 18.1 Å². The van der Waals surface area contributed by atoms with Crippen LogP contribution in [0.2, 0.25) is 0 Å². The minimum absolute atomic E-state index is 0.0138. The minimum atomic E-state index is -1.39. The Morgan fingerprint density at radius 1 is 1.24 bits per heavy atom. The molecule has 12 heteroatoms. The number of anilines is 1. The van der Waals surface area contributed by atoms with Crippen molar-refractivity contribution in [2.75, 3.05) is 25.4 Å². The van der Waals surface area contributed by atoms with E-state index in [9.17, 15) is 19.2 Å². The van der Waals surface area contributed by atoms with Crippen LogP contribution in [0.3, 0.4) is 0 Å². The third-order valence-electron chi connectivity index (χ3n) is 7.01. The molecule has 0 radical (unpaired) electrons. The number of piperazine rings is 1. The van der Waals surface area contributed by atoms with Crippen molar-refractivity contribution >= 4 is 51.0 Å². The molecule has 4 heterocycles. The van der Waals surface area contributed by atoms with Gasteiger partial charge in [-0.1, -0.05) is 19.2 Å². The number of hydrogen-bond donors (Lipinski definition) is 1. The molecule has 2 N–H and O–H groups in total. The number of nitrogen functional groups attached to an aromatic ring is 1. The van der Waals surface area contributed by atoms with Crippen LogP contribution in [-0.2, 0) is 11.3 Å². The summed E-state index contributed by atoms with van der Waals surface area (Å²) in [6, 6.07) is 1.46. The van der Waals surface area contributed by atoms with Gasteiger partial charge in [-0.2, -0.15) is 10.4 Å². The van der Waals surface area contributed by atoms with E-state index in [1.54, 1.807) is 4.90 Å². The van der Waals surface area contributed by atoms with Gasteiger partial charge in [-0.3, -0.25) is 14.3 Å². The van der Waals surface area contributed by atoms with Crippen LogP contribution in [0.15, 0.2) is 31.5 Å². The van der Waals surface area contributed by atoms with Gasteiger partial charge in [0, 0.05) is 42.3 Å². The molecule has 2 amide bonds. The fourth-order valence-electron chi connectivity index (χ4n) is 5.27. The maximum absolute atomic E-state index is 15.9. The average molecular weight is 539 g/mol. The number of aromatic nitrogens is 2. The number of nitriles is 1. The molecule has 0 spiro atoms. The van der Waals surface area contributed by atoms with Crippen molar-refractivity contribution in [2.24, 2.45) is 0 Å². The van der Waals surface area contributed by atoms with E-state index in [1.165, 1.54) is 27.9 Å². The fourth-order valence-corrected chi connectivity index (χ4v) is 6.11. The molecule has 8 nitrogen and oxygen atoms in total. The third kappa shape index (κ3) is 3.61. The zero-order chi connectivity index (χ0) is 27.3. The van der Waals surface area contributed by atoms with Gasteiger partial charge in [0.1, 0.15) is 23.0 Å². The van der Waals surface area contributed by atoms with Crippen molar-refractivity contribution < 1.29 is 22.8 Å². The number of allylic oxidation sites excluding steroid dienone is 1. The first-order valence-corrected chi connectivity index (χ1v) is 12.4. The molecule has 2 aromatic heterocycles. The van der Waals surface area contributed by atoms with Gasteiger partial charge in [0.25, 0.3) is 5.91 Å². The summed E-state index contributed by atoms with van der Waals surface area (Å²) in [7, 11) is 0. The molecule has 1 fully saturated rings. The summed E-state index contributed by atoms with van der Waals surface area (Å²) < 4.78 is 47.0. The molecule has 0 saturated carbocycles. The first-order chi connectivity index (χ1) is 18.3. The molecule has 1 saturated heterocycles. The Labute approximate surface area is 218 Å². The van der Waals surface area contributed by atoms with Crippen molar-refractivity contribution in [1.82, 2.24) is 19.6 Å². The predicted molar refractivity (Wildman–Crippen MR) is 137 cm³/mol. The molecule has 0 bridgehead atoms. The summed E-state index contributed by atoms with van der Waals surface area (Å²) >= 11 is 0.790. The number of carbonyl (C=O) groups excluding carboxylic acids is 2. The highest BCUT2D eigenvalue weighted by Gasteiger charge is 2.38. The number of nitrogens with two attached hydrogens (primary N) is 1. The quantitative estimate of drug-likeness (QED) is 0.515. The van der Waals surface area contributed by atoms with E-state index >= 15 is 8.78 Å². The lowest BCUT2D eigenvalue weighted by molar-refractivity contribution is -0.128. The predicted octanol–water partition coefficient (Wildman–Crippen LogP) is 2.17. The summed E-state index contributed by atoms with van der Waals surface area (Å²) in [5.74, 6) is -3.74. The Bertz CT molecular complexity index is 1720. The minimum Gasteiger partial charge on any atom is -0.389 e. The van der Waals surface area contributed by atoms with Gasteiger partial charge in [0.2, 0.25) is 5.91 Å². The molecular formula is C26H21F3N6O2S. The van der Waals surface area contributed by atoms with Crippen LogP contribution in [0, 0.1) is 23.0 Å². The Morgan fingerprint density at radius 3 is 2.66 bits per heavy atom. The fraction of sp³-hybridized carbons (Fsp3) is 0.231. The summed E-state index contributed by atoms with van der Waals surface area (Å²) in [6.45, 7) is 8.05. The van der Waals surface area contributed by atoms with E-state index in [1.807, 2.05) is 6.07 Å². The Balaban J connectivity index is 1.78. The molecule has 194 valence electrons. The second-order valence-electron chi connectivity index (χ2n) is 8.86. The number of amides is 2. The zero-order valence-electron chi connectivity index (χ0n) is 20.0. The van der Waals surface area contributed by atoms with Crippen LogP contribution in [-0.4, -0.2) is 57.1 Å². The Kier molecular flexibility index (Phi) is 6.32. The lowest BCUT2D eigenvalue weighted by atomic mass is 9.94. The van der Waals surface area contributed by atoms with E-state index in [4.69, 9.17) is 5.73 Å². The number of aryl methyl sites for hydroxylation is 1. The van der Waals surface area contributed by atoms with E-state index in [-0.39, 0.29) is 80.8 Å². The van der Waals surface area contributed by atoms with Crippen molar-refractivity contribution in [3.63, 3.8) is 0 Å². The second-order valence-corrected chi connectivity index (χ2v) is 9.94. The lowest BCUT2D eigenvalue weighted by Gasteiger charge is -2.42. The van der Waals surface area contributed by atoms with Crippen molar-refractivity contribution in [1.29, 1.82) is 5.26 Å². The smallest absolute Gasteiger partial charge is 0.259 e. The van der Waals surface area contributed by atoms with Gasteiger partial charge in [0.15, 0.2) is 11.6 Å². The summed E-state index contributed by atoms with van der Waals surface area (Å²) in [5.41, 5.74) is 5.06. The first-order valence-electron chi connectivity index (χ1n) is 11.6. The summed E-state index contributed by atoms with van der Waals surface area (Å²) in [5, 5.41) is 14.1. The highest BCUT2D eigenvalue weighted by molar-refractivity contribution is 7.14. The Morgan fingerprint density at radius 2 is 2.00 bits per heavy atom. The largest absolute Gasteiger partial charge is 0.389 e. The Hall–Kier alpha value is -4.37. The van der Waals surface area contributed by atoms with Crippen LogP contribution >= 0.6 is 11.3 Å². The average Bonchev–Trinajstić information content (AvgIpc) is 3.48. The van der Waals surface area contributed by atoms with Crippen LogP contribution in [0.5, 0.6) is 0 Å². The molecule has 38 heavy (non-hydrogen) atoms. The molecule has 5 rings (SSSR count). The summed E-state index contributed by atoms with van der Waals surface area (Å²) in [4.78, 5) is 28.8. The van der Waals surface area contributed by atoms with Gasteiger partial charge < -0.3 is 15.5 Å². The molecule has 2 aliphatic heterocycles. The van der Waals surface area contributed by atoms with Gasteiger partial charge in [-0.25, -0.2) is 13.2 Å². The van der Waals surface area contributed by atoms with Crippen molar-refractivity contribution in [3.05, 3.63) is 69.6 Å². The molecule has 1 atom stereocenters. The number of fused-ring (bicyclic) bond motifs is 1. The number of rotatable bonds is 3. The zero-order valence-corrected chi connectivity index (χ0v) is 20.8. The molecule has 2 aliphatic rings. The highest BCUT2D eigenvalue weighted by atomic mass is 32.1. The van der Waals surface area contributed by atoms with Crippen LogP contribution < -0.4 is 15.5 Å². The maximum atomic E-state index is 15.9. The monoisotopic (exact) mass is 538 g/mol. The molecule has 3 aromatic rings. The van der Waals surface area contributed by atoms with E-state index in [0.29, 0.717) is 6.42 Å². The van der Waals surface area contributed by atoms with Crippen LogP contribution in [0.1, 0.15) is 27.9 Å². The number of nitrogens with zero attached hydrogens (tertiary/aromatic N) is 5. The SMILES string of the molecule is C=CC(=O)N1CCN2C(=O)c3c(F)c(F)c(/C(C=C)=c4\c(C#N)c(N)s\c4=C/F)c4cnn(c34)CC[C@H]2C1. The van der Waals surface area contributed by atoms with Gasteiger partial charge in [-0.15, -0.1) is 11.3 Å². The number of halogens is 3. The van der Waals surface area contributed by atoms with Crippen LogP contribution in [0.25, 0.3) is 22.8 Å². The standard InChI is InChI=1S/C26H21F3N6O2S/c1-3-14(19-15(10-30)25(31)38-17(19)9-27)20-16-11-32-35-6-5-13-12-33(18(36)4-2)7-8-34(13)26(37)21(24(16)35)23(29)22(20)28/h3-4,9,11,13H,1-2,5-8,12,31H2/b17-9-,19-14+/t13-/m0/s1. The van der Waals surface area contributed by atoms with Crippen LogP contribution in [0.4, 0.5) is 18.2 Å². The van der Waals surface area contributed by atoms with Gasteiger partial charge in [0.05, 0.1) is 27.9 Å². The summed E-state index contributed by atoms with van der Waals surface area (Å²) in [6.07, 6.45) is 4.36. The van der Waals surface area contributed by atoms with E-state index < -0.39 is 29.1 Å². The first kappa shape index (κ1) is 25.3. The normalized spacial score (nSPS) is 18.5. The lowest BCUT2D eigenvalue weighted by Crippen LogP contribution is -2.57. The molecule has 0 unspecified atom stereocenters.